The molecule has 1 unspecified atom stereocenters. The van der Waals surface area contributed by atoms with E-state index in [1.165, 1.54) is 19.3 Å². The summed E-state index contributed by atoms with van der Waals surface area (Å²) in [5.41, 5.74) is 6.33. The van der Waals surface area contributed by atoms with Gasteiger partial charge in [-0.25, -0.2) is 13.1 Å². The lowest BCUT2D eigenvalue weighted by Gasteiger charge is -2.28. The maximum absolute atomic E-state index is 12.5. The molecule has 6 heteroatoms. The zero-order valence-corrected chi connectivity index (χ0v) is 13.9. The predicted octanol–water partition coefficient (Wildman–Crippen LogP) is 3.05. The highest BCUT2D eigenvalue weighted by atomic mass is 35.5. The molecule has 1 saturated carbocycles. The molecule has 21 heavy (non-hydrogen) atoms. The van der Waals surface area contributed by atoms with E-state index in [1.807, 2.05) is 6.92 Å². The maximum atomic E-state index is 12.5. The lowest BCUT2D eigenvalue weighted by molar-refractivity contribution is 0.303. The first-order valence-corrected chi connectivity index (χ1v) is 9.31. The Bertz CT molecular complexity index is 583. The largest absolute Gasteiger partial charge is 0.326 e. The van der Waals surface area contributed by atoms with Crippen molar-refractivity contribution in [3.63, 3.8) is 0 Å². The third-order valence-electron chi connectivity index (χ3n) is 4.22. The smallest absolute Gasteiger partial charge is 0.242 e. The van der Waals surface area contributed by atoms with Gasteiger partial charge in [0.2, 0.25) is 10.0 Å². The predicted molar refractivity (Wildman–Crippen MR) is 85.7 cm³/mol. The Hall–Kier alpha value is -0.620. The van der Waals surface area contributed by atoms with E-state index in [4.69, 9.17) is 17.3 Å². The van der Waals surface area contributed by atoms with Gasteiger partial charge in [-0.2, -0.15) is 0 Å². The second-order valence-electron chi connectivity index (χ2n) is 5.78. The molecule has 0 aliphatic heterocycles. The van der Waals surface area contributed by atoms with Crippen LogP contribution < -0.4 is 10.5 Å². The van der Waals surface area contributed by atoms with Gasteiger partial charge in [-0.05, 0) is 43.4 Å². The van der Waals surface area contributed by atoms with E-state index >= 15 is 0 Å². The summed E-state index contributed by atoms with van der Waals surface area (Å²) in [5, 5.41) is 0.232. The van der Waals surface area contributed by atoms with Crippen LogP contribution in [0.3, 0.4) is 0 Å². The quantitative estimate of drug-likeness (QED) is 0.871. The van der Waals surface area contributed by atoms with Crippen LogP contribution in [-0.2, 0) is 16.6 Å². The van der Waals surface area contributed by atoms with Crippen molar-refractivity contribution in [3.8, 4) is 0 Å². The number of rotatable bonds is 5. The van der Waals surface area contributed by atoms with E-state index in [1.54, 1.807) is 18.2 Å². The van der Waals surface area contributed by atoms with Gasteiger partial charge in [0.15, 0.2) is 0 Å². The molecule has 1 aromatic carbocycles. The number of halogens is 1. The molecule has 2 rings (SSSR count). The van der Waals surface area contributed by atoms with Crippen LogP contribution in [0.2, 0.25) is 5.02 Å². The lowest BCUT2D eigenvalue weighted by Crippen LogP contribution is -2.39. The zero-order chi connectivity index (χ0) is 15.5. The van der Waals surface area contributed by atoms with Gasteiger partial charge in [-0.1, -0.05) is 36.9 Å². The second-order valence-corrected chi connectivity index (χ2v) is 7.87. The highest BCUT2D eigenvalue weighted by Crippen LogP contribution is 2.28. The average Bonchev–Trinajstić information content (AvgIpc) is 2.48. The van der Waals surface area contributed by atoms with Crippen molar-refractivity contribution in [1.29, 1.82) is 0 Å². The molecule has 0 amide bonds. The van der Waals surface area contributed by atoms with E-state index in [9.17, 15) is 8.42 Å². The minimum atomic E-state index is -3.61. The van der Waals surface area contributed by atoms with Crippen LogP contribution in [0.1, 0.15) is 44.6 Å². The first-order valence-electron chi connectivity index (χ1n) is 7.45. The van der Waals surface area contributed by atoms with E-state index in [-0.39, 0.29) is 22.5 Å². The SMILES string of the molecule is CC(NS(=O)(=O)c1cc(CN)ccc1Cl)C1CCCCC1. The van der Waals surface area contributed by atoms with Crippen molar-refractivity contribution in [2.75, 3.05) is 0 Å². The van der Waals surface area contributed by atoms with Crippen molar-refractivity contribution in [2.24, 2.45) is 11.7 Å². The number of nitrogens with two attached hydrogens (primary N) is 1. The van der Waals surface area contributed by atoms with Crippen LogP contribution in [0.4, 0.5) is 0 Å². The number of nitrogens with one attached hydrogen (secondary N) is 1. The molecule has 0 aromatic heterocycles. The summed E-state index contributed by atoms with van der Waals surface area (Å²) in [6.07, 6.45) is 5.78. The van der Waals surface area contributed by atoms with E-state index in [0.717, 1.165) is 18.4 Å². The van der Waals surface area contributed by atoms with Gasteiger partial charge < -0.3 is 5.73 Å². The Morgan fingerprint density at radius 3 is 2.62 bits per heavy atom. The van der Waals surface area contributed by atoms with Crippen molar-refractivity contribution < 1.29 is 8.42 Å². The minimum absolute atomic E-state index is 0.0760. The summed E-state index contributed by atoms with van der Waals surface area (Å²) < 4.78 is 27.9. The second kappa shape index (κ2) is 7.09. The van der Waals surface area contributed by atoms with Gasteiger partial charge in [-0.15, -0.1) is 0 Å². The van der Waals surface area contributed by atoms with Gasteiger partial charge in [0, 0.05) is 12.6 Å². The summed E-state index contributed by atoms with van der Waals surface area (Å²) in [6.45, 7) is 2.23. The lowest BCUT2D eigenvalue weighted by atomic mass is 9.85. The molecule has 3 N–H and O–H groups in total. The van der Waals surface area contributed by atoms with Gasteiger partial charge in [-0.3, -0.25) is 0 Å². The highest BCUT2D eigenvalue weighted by Gasteiger charge is 2.26. The maximum Gasteiger partial charge on any atom is 0.242 e. The fourth-order valence-electron chi connectivity index (χ4n) is 2.92. The molecule has 0 bridgehead atoms. The molecule has 118 valence electrons. The summed E-state index contributed by atoms with van der Waals surface area (Å²) in [5.74, 6) is 0.407. The van der Waals surface area contributed by atoms with Crippen molar-refractivity contribution >= 4 is 21.6 Å². The first kappa shape index (κ1) is 16.7. The third-order valence-corrected chi connectivity index (χ3v) is 6.26. The van der Waals surface area contributed by atoms with Crippen LogP contribution in [0, 0.1) is 5.92 Å². The molecule has 1 fully saturated rings. The molecule has 1 atom stereocenters. The number of hydrogen-bond donors (Lipinski definition) is 2. The van der Waals surface area contributed by atoms with Crippen molar-refractivity contribution in [1.82, 2.24) is 4.72 Å². The number of hydrogen-bond acceptors (Lipinski definition) is 3. The Labute approximate surface area is 132 Å². The van der Waals surface area contributed by atoms with E-state index < -0.39 is 10.0 Å². The van der Waals surface area contributed by atoms with Gasteiger partial charge >= 0.3 is 0 Å². The molecule has 0 heterocycles. The van der Waals surface area contributed by atoms with Crippen LogP contribution in [0.5, 0.6) is 0 Å². The van der Waals surface area contributed by atoms with Crippen LogP contribution in [0.15, 0.2) is 23.1 Å². The third kappa shape index (κ3) is 4.19. The normalized spacial score (nSPS) is 18.6. The minimum Gasteiger partial charge on any atom is -0.326 e. The first-order chi connectivity index (χ1) is 9.94. The van der Waals surface area contributed by atoms with Crippen molar-refractivity contribution in [2.45, 2.75) is 56.5 Å². The molecule has 0 radical (unpaired) electrons. The zero-order valence-electron chi connectivity index (χ0n) is 12.3. The van der Waals surface area contributed by atoms with Crippen molar-refractivity contribution in [3.05, 3.63) is 28.8 Å². The summed E-state index contributed by atoms with van der Waals surface area (Å²) in [7, 11) is -3.61. The Morgan fingerprint density at radius 1 is 1.33 bits per heavy atom. The monoisotopic (exact) mass is 330 g/mol. The molecule has 1 aliphatic rings. The van der Waals surface area contributed by atoms with Gasteiger partial charge in [0.1, 0.15) is 4.90 Å². The summed E-state index contributed by atoms with van der Waals surface area (Å²) >= 11 is 6.05. The Kier molecular flexibility index (Phi) is 5.66. The highest BCUT2D eigenvalue weighted by molar-refractivity contribution is 7.89. The van der Waals surface area contributed by atoms with E-state index in [0.29, 0.717) is 5.92 Å². The average molecular weight is 331 g/mol. The molecule has 1 aliphatic carbocycles. The number of benzene rings is 1. The standard InChI is InChI=1S/C15H23ClN2O2S/c1-11(13-5-3-2-4-6-13)18-21(19,20)15-9-12(10-17)7-8-14(15)16/h7-9,11,13,18H,2-6,10,17H2,1H3. The summed E-state index contributed by atoms with van der Waals surface area (Å²) in [6, 6.07) is 4.81. The molecule has 1 aromatic rings. The molecular weight excluding hydrogens is 308 g/mol. The fourth-order valence-corrected chi connectivity index (χ4v) is 4.78. The fraction of sp³-hybridized carbons (Fsp3) is 0.600. The van der Waals surface area contributed by atoms with E-state index in [2.05, 4.69) is 4.72 Å². The molecular formula is C15H23ClN2O2S. The Morgan fingerprint density at radius 2 is 2.00 bits per heavy atom. The van der Waals surface area contributed by atoms with Gasteiger partial charge in [0.05, 0.1) is 5.02 Å². The van der Waals surface area contributed by atoms with Gasteiger partial charge in [0.25, 0.3) is 0 Å². The molecule has 0 spiro atoms. The van der Waals surface area contributed by atoms with Crippen LogP contribution in [-0.4, -0.2) is 14.5 Å². The summed E-state index contributed by atoms with van der Waals surface area (Å²) in [4.78, 5) is 0.120. The van der Waals surface area contributed by atoms with Crippen LogP contribution in [0.25, 0.3) is 0 Å². The Balaban J connectivity index is 2.17. The molecule has 4 nitrogen and oxygen atoms in total. The van der Waals surface area contributed by atoms with Crippen LogP contribution >= 0.6 is 11.6 Å². The number of sulfonamides is 1. The molecule has 0 saturated heterocycles. The topological polar surface area (TPSA) is 72.2 Å².